The van der Waals surface area contributed by atoms with Crippen LogP contribution in [0.1, 0.15) is 71.4 Å². The van der Waals surface area contributed by atoms with E-state index in [2.05, 4.69) is 70.5 Å². The molecule has 0 bridgehead atoms. The number of hydrogen-bond donors (Lipinski definition) is 5. The van der Waals surface area contributed by atoms with Gasteiger partial charge >= 0.3 is 11.9 Å². The van der Waals surface area contributed by atoms with Crippen LogP contribution in [-0.2, 0) is 35.7 Å². The van der Waals surface area contributed by atoms with Crippen LogP contribution in [-0.4, -0.2) is 132 Å². The van der Waals surface area contributed by atoms with Crippen molar-refractivity contribution in [3.05, 3.63) is 78.3 Å². The minimum atomic E-state index is -3.91. The summed E-state index contributed by atoms with van der Waals surface area (Å²) in [6.45, 7) is 7.41. The van der Waals surface area contributed by atoms with E-state index in [1.54, 1.807) is 0 Å². The van der Waals surface area contributed by atoms with Gasteiger partial charge in [-0.05, 0) is 75.6 Å². The summed E-state index contributed by atoms with van der Waals surface area (Å²) in [6.07, 6.45) is 15.6. The molecule has 1 aromatic carbocycles. The number of carboxylic acids is 2. The van der Waals surface area contributed by atoms with Crippen LogP contribution < -0.4 is 15.8 Å². The second kappa shape index (κ2) is 24.2. The largest absolute Gasteiger partial charge is 0.480 e. The molecule has 57 heavy (non-hydrogen) atoms. The number of nitrogens with two attached hydrogens (primary N) is 1. The highest BCUT2D eigenvalue weighted by Crippen LogP contribution is 2.25. The average molecular weight is 813 g/mol. The Morgan fingerprint density at radius 1 is 0.860 bits per heavy atom. The quantitative estimate of drug-likeness (QED) is 0.0820. The Kier molecular flexibility index (Phi) is 19.8. The van der Waals surface area contributed by atoms with Gasteiger partial charge in [-0.25, -0.2) is 13.6 Å². The number of carbonyl (C=O) groups is 4. The van der Waals surface area contributed by atoms with Gasteiger partial charge in [-0.15, -0.1) is 0 Å². The van der Waals surface area contributed by atoms with Crippen molar-refractivity contribution < 1.29 is 37.8 Å². The van der Waals surface area contributed by atoms with Gasteiger partial charge in [0.25, 0.3) is 0 Å². The molecule has 0 aliphatic carbocycles. The minimum Gasteiger partial charge on any atom is -0.480 e. The maximum atomic E-state index is 12.7. The Balaban J connectivity index is 1.39. The molecule has 1 aliphatic heterocycles. The Morgan fingerprint density at radius 3 is 2.05 bits per heavy atom. The lowest BCUT2D eigenvalue weighted by molar-refractivity contribution is -0.141. The lowest BCUT2D eigenvalue weighted by atomic mass is 10.1. The average Bonchev–Trinajstić information content (AvgIpc) is 3.15. The third-order valence-corrected chi connectivity index (χ3v) is 10.6. The number of anilines is 1. The van der Waals surface area contributed by atoms with Crippen molar-refractivity contribution in [2.75, 3.05) is 57.7 Å². The third kappa shape index (κ3) is 17.6. The van der Waals surface area contributed by atoms with Gasteiger partial charge in [0.15, 0.2) is 0 Å². The number of aromatic nitrogens is 1. The zero-order valence-electron chi connectivity index (χ0n) is 33.4. The molecule has 0 saturated carbocycles. The number of hydrogen-bond acceptors (Lipinski definition) is 11. The predicted molar refractivity (Wildman–Crippen MR) is 218 cm³/mol. The van der Waals surface area contributed by atoms with Crippen molar-refractivity contribution in [3.63, 3.8) is 0 Å². The fourth-order valence-corrected chi connectivity index (χ4v) is 7.30. The highest BCUT2D eigenvalue weighted by molar-refractivity contribution is 7.89. The van der Waals surface area contributed by atoms with Gasteiger partial charge in [-0.3, -0.25) is 38.9 Å². The molecule has 3 rings (SSSR count). The van der Waals surface area contributed by atoms with E-state index in [1.165, 1.54) is 39.8 Å². The van der Waals surface area contributed by atoms with Crippen LogP contribution >= 0.6 is 0 Å². The first kappa shape index (κ1) is 46.7. The number of pyridine rings is 1. The van der Waals surface area contributed by atoms with Crippen molar-refractivity contribution in [3.8, 4) is 0 Å². The molecule has 6 N–H and O–H groups in total. The molecule has 314 valence electrons. The molecule has 17 heteroatoms. The highest BCUT2D eigenvalue weighted by Gasteiger charge is 2.27. The third-order valence-electron chi connectivity index (χ3n) is 9.68. The van der Waals surface area contributed by atoms with E-state index in [0.717, 1.165) is 63.7 Å². The van der Waals surface area contributed by atoms with Crippen molar-refractivity contribution in [1.29, 1.82) is 0 Å². The van der Waals surface area contributed by atoms with Crippen LogP contribution in [0.4, 0.5) is 5.69 Å². The van der Waals surface area contributed by atoms with Crippen LogP contribution in [0, 0.1) is 0 Å². The molecule has 0 fully saturated rings. The number of carboxylic acid groups (broad SMARTS) is 2. The predicted octanol–water partition coefficient (Wildman–Crippen LogP) is 3.30. The maximum Gasteiger partial charge on any atom is 0.317 e. The Bertz CT molecular complexity index is 1760. The molecule has 2 amide bonds. The van der Waals surface area contributed by atoms with Gasteiger partial charge in [0.1, 0.15) is 0 Å². The zero-order valence-corrected chi connectivity index (χ0v) is 34.2. The smallest absolute Gasteiger partial charge is 0.317 e. The summed E-state index contributed by atoms with van der Waals surface area (Å²) in [6, 6.07) is 11.5. The first-order valence-corrected chi connectivity index (χ1v) is 21.1. The van der Waals surface area contributed by atoms with E-state index >= 15 is 0 Å². The van der Waals surface area contributed by atoms with Crippen molar-refractivity contribution in [2.45, 2.75) is 89.4 Å². The molecule has 2 aromatic rings. The van der Waals surface area contributed by atoms with E-state index in [9.17, 15) is 37.8 Å². The monoisotopic (exact) mass is 812 g/mol. The van der Waals surface area contributed by atoms with Crippen molar-refractivity contribution >= 4 is 39.5 Å². The summed E-state index contributed by atoms with van der Waals surface area (Å²) in [5.41, 5.74) is 2.66. The number of allylic oxidation sites excluding steroid dienone is 3. The van der Waals surface area contributed by atoms with E-state index in [4.69, 9.17) is 5.14 Å². The van der Waals surface area contributed by atoms with E-state index in [-0.39, 0.29) is 48.8 Å². The number of rotatable bonds is 27. The maximum absolute atomic E-state index is 12.7. The van der Waals surface area contributed by atoms with Crippen LogP contribution in [0.15, 0.2) is 77.5 Å². The summed E-state index contributed by atoms with van der Waals surface area (Å²) >= 11 is 0. The van der Waals surface area contributed by atoms with Crippen molar-refractivity contribution in [2.24, 2.45) is 5.14 Å². The van der Waals surface area contributed by atoms with Gasteiger partial charge in [0, 0.05) is 56.3 Å². The van der Waals surface area contributed by atoms with Gasteiger partial charge < -0.3 is 25.7 Å². The molecule has 0 saturated heterocycles. The summed E-state index contributed by atoms with van der Waals surface area (Å²) in [4.78, 5) is 60.6. The Morgan fingerprint density at radius 2 is 1.47 bits per heavy atom. The minimum absolute atomic E-state index is 0.00397. The van der Waals surface area contributed by atoms with Gasteiger partial charge in [0.2, 0.25) is 21.8 Å². The van der Waals surface area contributed by atoms with Gasteiger partial charge in [0.05, 0.1) is 42.9 Å². The van der Waals surface area contributed by atoms with Crippen LogP contribution in [0.25, 0.3) is 0 Å². The number of benzene rings is 1. The molecule has 2 atom stereocenters. The Hall–Kier alpha value is -4.68. The number of carbonyl (C=O) groups excluding carboxylic acids is 2. The molecule has 2 heterocycles. The molecule has 16 nitrogen and oxygen atoms in total. The number of nitrogens with one attached hydrogen (secondary N) is 2. The first-order valence-electron chi connectivity index (χ1n) is 19.5. The molecule has 0 spiro atoms. The number of amides is 2. The van der Waals surface area contributed by atoms with Gasteiger partial charge in [-0.1, -0.05) is 50.8 Å². The number of primary sulfonamides is 1. The molecular formula is C40H60N8O8S. The van der Waals surface area contributed by atoms with Crippen LogP contribution in [0.2, 0.25) is 0 Å². The van der Waals surface area contributed by atoms with E-state index in [1.807, 2.05) is 18.3 Å². The molecule has 0 radical (unpaired) electrons. The molecule has 1 aliphatic rings. The number of unbranched alkanes of at least 4 members (excludes halogenated alkanes) is 5. The second-order valence-electron chi connectivity index (χ2n) is 14.3. The number of sulfonamides is 1. The fraction of sp³-hybridized carbons (Fsp3) is 0.525. The van der Waals surface area contributed by atoms with Crippen molar-refractivity contribution in [1.82, 2.24) is 29.9 Å². The molecule has 2 unspecified atom stereocenters. The summed E-state index contributed by atoms with van der Waals surface area (Å²) in [5.74, 6) is -3.25. The van der Waals surface area contributed by atoms with Crippen LogP contribution in [0.5, 0.6) is 0 Å². The number of aliphatic carboxylic acids is 2. The standard InChI is InChI=1S/C40H60N8O8S/c1-4-35-16-13-14-31(2)48(35)32(3)47(26-34-15-9-11-21-42-34)23-12-8-6-5-7-10-22-43-37(49)27-45(29-39(51)52)24-25-46(30-40(53)54)28-38(50)44-33-17-19-36(20-18-33)57(41,55)56/h9,11,13-21,31-32H,4-8,10,12,22-30H2,1-3H3,(H,43,49)(H,44,50)(H,51,52)(H,53,54)(H2,41,55,56). The highest BCUT2D eigenvalue weighted by atomic mass is 32.2. The summed E-state index contributed by atoms with van der Waals surface area (Å²) in [5, 5.41) is 29.3. The first-order chi connectivity index (χ1) is 27.2. The fourth-order valence-electron chi connectivity index (χ4n) is 6.78. The lowest BCUT2D eigenvalue weighted by Gasteiger charge is -2.44. The topological polar surface area (TPSA) is 219 Å². The molecule has 1 aromatic heterocycles. The second-order valence-corrected chi connectivity index (χ2v) is 15.8. The number of nitrogens with zero attached hydrogens (tertiary/aromatic N) is 5. The van der Waals surface area contributed by atoms with Gasteiger partial charge in [-0.2, -0.15) is 0 Å². The van der Waals surface area contributed by atoms with Crippen LogP contribution in [0.3, 0.4) is 0 Å². The summed E-state index contributed by atoms with van der Waals surface area (Å²) in [7, 11) is -3.91. The lowest BCUT2D eigenvalue weighted by Crippen LogP contribution is -2.49. The van der Waals surface area contributed by atoms with E-state index < -0.39 is 41.0 Å². The Labute approximate surface area is 336 Å². The SMILES string of the molecule is CCC1=CC=CC(C)N1C(C)N(CCCCCCCCNC(=O)CN(CCN(CC(=O)O)CC(=O)Nc1ccc(S(N)(=O)=O)cc1)CC(=O)O)Cc1ccccn1. The molecular weight excluding hydrogens is 753 g/mol. The zero-order chi connectivity index (χ0) is 41.8. The summed E-state index contributed by atoms with van der Waals surface area (Å²) < 4.78 is 22.9. The van der Waals surface area contributed by atoms with E-state index in [0.29, 0.717) is 12.6 Å². The normalized spacial score (nSPS) is 14.8.